The third-order valence-corrected chi connectivity index (χ3v) is 5.47. The Morgan fingerprint density at radius 3 is 2.54 bits per heavy atom. The highest BCUT2D eigenvalue weighted by Crippen LogP contribution is 2.23. The number of ether oxygens (including phenoxy) is 1. The van der Waals surface area contributed by atoms with E-state index < -0.39 is 0 Å². The minimum absolute atomic E-state index is 0.257. The summed E-state index contributed by atoms with van der Waals surface area (Å²) >= 11 is 0. The molecule has 174 valence electrons. The van der Waals surface area contributed by atoms with Gasteiger partial charge >= 0.3 is 6.03 Å². The van der Waals surface area contributed by atoms with Crippen molar-refractivity contribution < 1.29 is 14.3 Å². The number of hydrogen-bond donors (Lipinski definition) is 4. The van der Waals surface area contributed by atoms with Crippen molar-refractivity contribution in [2.75, 3.05) is 17.7 Å². The van der Waals surface area contributed by atoms with Crippen molar-refractivity contribution >= 4 is 45.4 Å². The molecule has 2 aromatic heterocycles. The number of carbonyl (C=O) groups excluding carboxylic acids is 2. The van der Waals surface area contributed by atoms with Crippen LogP contribution in [0, 0.1) is 0 Å². The van der Waals surface area contributed by atoms with E-state index in [0.29, 0.717) is 23.3 Å². The lowest BCUT2D eigenvalue weighted by Gasteiger charge is -2.08. The zero-order valence-corrected chi connectivity index (χ0v) is 18.8. The predicted molar refractivity (Wildman–Crippen MR) is 135 cm³/mol. The first-order valence-corrected chi connectivity index (χ1v) is 10.9. The fourth-order valence-electron chi connectivity index (χ4n) is 3.66. The second-order valence-corrected chi connectivity index (χ2v) is 7.81. The maximum atomic E-state index is 12.7. The number of aromatic nitrogens is 3. The second kappa shape index (κ2) is 9.52. The minimum Gasteiger partial charge on any atom is -0.497 e. The van der Waals surface area contributed by atoms with Crippen molar-refractivity contribution in [1.29, 1.82) is 0 Å². The zero-order valence-electron chi connectivity index (χ0n) is 18.8. The van der Waals surface area contributed by atoms with Crippen LogP contribution in [0.1, 0.15) is 16.1 Å². The first kappa shape index (κ1) is 21.9. The van der Waals surface area contributed by atoms with Gasteiger partial charge in [0.15, 0.2) is 0 Å². The molecule has 0 saturated carbocycles. The van der Waals surface area contributed by atoms with Gasteiger partial charge < -0.3 is 20.4 Å². The van der Waals surface area contributed by atoms with Crippen LogP contribution in [-0.2, 0) is 6.54 Å². The molecule has 0 bridgehead atoms. The predicted octanol–water partition coefficient (Wildman–Crippen LogP) is 4.69. The summed E-state index contributed by atoms with van der Waals surface area (Å²) in [5.41, 5.74) is 2.91. The van der Waals surface area contributed by atoms with E-state index in [4.69, 9.17) is 4.74 Å². The van der Waals surface area contributed by atoms with Crippen molar-refractivity contribution in [3.63, 3.8) is 0 Å². The Bertz CT molecular complexity index is 1530. The number of nitrogens with zero attached hydrogens (tertiary/aromatic N) is 2. The SMILES string of the molecule is COc1ccc(CNC(=O)Nc2cccc3[nH]c(NC(=O)c4cc5ccccc5cn4)nc23)cc1. The number of fused-ring (bicyclic) bond motifs is 2. The van der Waals surface area contributed by atoms with Gasteiger partial charge in [0.05, 0.1) is 18.3 Å². The molecule has 4 N–H and O–H groups in total. The molecule has 0 fully saturated rings. The van der Waals surface area contributed by atoms with Gasteiger partial charge in [-0.15, -0.1) is 0 Å². The van der Waals surface area contributed by atoms with Crippen LogP contribution in [-0.4, -0.2) is 34.0 Å². The number of methoxy groups -OCH3 is 1. The molecule has 0 radical (unpaired) electrons. The summed E-state index contributed by atoms with van der Waals surface area (Å²) in [5.74, 6) is 0.622. The third kappa shape index (κ3) is 4.88. The number of urea groups is 1. The molecule has 0 saturated heterocycles. The van der Waals surface area contributed by atoms with E-state index in [9.17, 15) is 9.59 Å². The summed E-state index contributed by atoms with van der Waals surface area (Å²) in [6.45, 7) is 0.354. The number of para-hydroxylation sites is 1. The van der Waals surface area contributed by atoms with E-state index in [2.05, 4.69) is 30.9 Å². The van der Waals surface area contributed by atoms with Gasteiger partial charge in [0.1, 0.15) is 17.0 Å². The van der Waals surface area contributed by atoms with E-state index >= 15 is 0 Å². The summed E-state index contributed by atoms with van der Waals surface area (Å²) in [5, 5.41) is 10.2. The van der Waals surface area contributed by atoms with Crippen LogP contribution in [0.2, 0.25) is 0 Å². The number of pyridine rings is 1. The van der Waals surface area contributed by atoms with Crippen LogP contribution in [0.3, 0.4) is 0 Å². The van der Waals surface area contributed by atoms with Crippen LogP contribution >= 0.6 is 0 Å². The number of carbonyl (C=O) groups is 2. The van der Waals surface area contributed by atoms with Gasteiger partial charge in [0.25, 0.3) is 5.91 Å². The number of anilines is 2. The van der Waals surface area contributed by atoms with Gasteiger partial charge in [-0.2, -0.15) is 0 Å². The van der Waals surface area contributed by atoms with Gasteiger partial charge in [-0.05, 0) is 41.3 Å². The minimum atomic E-state index is -0.387. The summed E-state index contributed by atoms with van der Waals surface area (Å²) in [7, 11) is 1.60. The standard InChI is InChI=1S/C26H22N6O3/c1-35-19-11-9-16(10-12-19)14-28-26(34)30-21-8-4-7-20-23(21)31-25(29-20)32-24(33)22-13-17-5-2-3-6-18(17)15-27-22/h2-13,15H,14H2,1H3,(H2,28,30,34)(H2,29,31,32,33). The molecule has 9 heteroatoms. The quantitative estimate of drug-likeness (QED) is 0.289. The van der Waals surface area contributed by atoms with Crippen molar-refractivity contribution in [2.24, 2.45) is 0 Å². The molecule has 2 heterocycles. The normalized spacial score (nSPS) is 10.8. The molecule has 0 aliphatic carbocycles. The second-order valence-electron chi connectivity index (χ2n) is 7.81. The molecular weight excluding hydrogens is 444 g/mol. The van der Waals surface area contributed by atoms with Gasteiger partial charge in [-0.25, -0.2) is 9.78 Å². The van der Waals surface area contributed by atoms with Crippen molar-refractivity contribution in [2.45, 2.75) is 6.54 Å². The molecule has 3 amide bonds. The average Bonchev–Trinajstić information content (AvgIpc) is 3.31. The van der Waals surface area contributed by atoms with Crippen LogP contribution < -0.4 is 20.7 Å². The lowest BCUT2D eigenvalue weighted by Crippen LogP contribution is -2.28. The Morgan fingerprint density at radius 2 is 1.74 bits per heavy atom. The molecule has 35 heavy (non-hydrogen) atoms. The van der Waals surface area contributed by atoms with Crippen LogP contribution in [0.4, 0.5) is 16.4 Å². The van der Waals surface area contributed by atoms with Gasteiger partial charge in [-0.1, -0.05) is 42.5 Å². The van der Waals surface area contributed by atoms with Crippen LogP contribution in [0.15, 0.2) is 79.0 Å². The highest BCUT2D eigenvalue weighted by molar-refractivity contribution is 6.05. The molecule has 0 spiro atoms. The number of aromatic amines is 1. The lowest BCUT2D eigenvalue weighted by atomic mass is 10.1. The first-order valence-electron chi connectivity index (χ1n) is 10.9. The fraction of sp³-hybridized carbons (Fsp3) is 0.0769. The van der Waals surface area contributed by atoms with E-state index in [-0.39, 0.29) is 23.6 Å². The molecule has 5 aromatic rings. The molecule has 5 rings (SSSR count). The Balaban J connectivity index is 1.27. The summed E-state index contributed by atoms with van der Waals surface area (Å²) in [6, 6.07) is 21.8. The number of H-pyrrole nitrogens is 1. The maximum absolute atomic E-state index is 12.7. The van der Waals surface area contributed by atoms with Gasteiger partial charge in [-0.3, -0.25) is 15.1 Å². The molecule has 0 aliphatic rings. The monoisotopic (exact) mass is 466 g/mol. The Kier molecular flexibility index (Phi) is 5.96. The zero-order chi connectivity index (χ0) is 24.2. The average molecular weight is 467 g/mol. The molecule has 0 aliphatic heterocycles. The van der Waals surface area contributed by atoms with Gasteiger partial charge in [0.2, 0.25) is 5.95 Å². The number of benzene rings is 3. The largest absolute Gasteiger partial charge is 0.497 e. The topological polar surface area (TPSA) is 121 Å². The molecular formula is C26H22N6O3. The molecule has 3 aromatic carbocycles. The van der Waals surface area contributed by atoms with Crippen molar-refractivity contribution in [3.8, 4) is 5.75 Å². The van der Waals surface area contributed by atoms with E-state index in [1.54, 1.807) is 31.5 Å². The smallest absolute Gasteiger partial charge is 0.319 e. The Morgan fingerprint density at radius 1 is 0.943 bits per heavy atom. The molecule has 0 unspecified atom stereocenters. The number of nitrogens with one attached hydrogen (secondary N) is 4. The molecule has 0 atom stereocenters. The number of hydrogen-bond acceptors (Lipinski definition) is 5. The number of rotatable bonds is 6. The highest BCUT2D eigenvalue weighted by Gasteiger charge is 2.14. The van der Waals surface area contributed by atoms with Crippen LogP contribution in [0.5, 0.6) is 5.75 Å². The summed E-state index contributed by atoms with van der Waals surface area (Å²) < 4.78 is 5.14. The first-order chi connectivity index (χ1) is 17.1. The Labute approximate surface area is 200 Å². The Hall–Kier alpha value is -4.92. The summed E-state index contributed by atoms with van der Waals surface area (Å²) in [4.78, 5) is 37.0. The van der Waals surface area contributed by atoms with E-state index in [0.717, 1.165) is 22.1 Å². The lowest BCUT2D eigenvalue weighted by molar-refractivity contribution is 0.102. The van der Waals surface area contributed by atoms with Gasteiger partial charge in [0, 0.05) is 18.1 Å². The van der Waals surface area contributed by atoms with Crippen molar-refractivity contribution in [1.82, 2.24) is 20.3 Å². The molecule has 9 nitrogen and oxygen atoms in total. The highest BCUT2D eigenvalue weighted by atomic mass is 16.5. The number of amides is 3. The van der Waals surface area contributed by atoms with E-state index in [1.807, 2.05) is 54.6 Å². The third-order valence-electron chi connectivity index (χ3n) is 5.47. The van der Waals surface area contributed by atoms with E-state index in [1.165, 1.54) is 0 Å². The maximum Gasteiger partial charge on any atom is 0.319 e. The van der Waals surface area contributed by atoms with Crippen molar-refractivity contribution in [3.05, 3.63) is 90.3 Å². The fourth-order valence-corrected chi connectivity index (χ4v) is 3.66. The number of imidazole rings is 1. The van der Waals surface area contributed by atoms with Crippen LogP contribution in [0.25, 0.3) is 21.8 Å². The summed E-state index contributed by atoms with van der Waals surface area (Å²) in [6.07, 6.45) is 1.66.